The van der Waals surface area contributed by atoms with Gasteiger partial charge in [0.15, 0.2) is 0 Å². The molecule has 1 aliphatic carbocycles. The van der Waals surface area contributed by atoms with Crippen LogP contribution in [0.5, 0.6) is 11.8 Å². The molecule has 0 bridgehead atoms. The molecule has 0 atom stereocenters. The lowest BCUT2D eigenvalue weighted by Crippen LogP contribution is -2.39. The number of alkyl halides is 1. The smallest absolute Gasteiger partial charge is 0.235 e. The van der Waals surface area contributed by atoms with E-state index in [1.54, 1.807) is 13.3 Å². The van der Waals surface area contributed by atoms with Gasteiger partial charge in [0.05, 0.1) is 19.5 Å². The van der Waals surface area contributed by atoms with Crippen molar-refractivity contribution in [3.05, 3.63) is 12.4 Å². The summed E-state index contributed by atoms with van der Waals surface area (Å²) in [5, 5.41) is 3.00. The number of nitrogens with one attached hydrogen (secondary N) is 1. The van der Waals surface area contributed by atoms with Gasteiger partial charge >= 0.3 is 0 Å². The summed E-state index contributed by atoms with van der Waals surface area (Å²) >= 11 is 5.55. The van der Waals surface area contributed by atoms with Crippen molar-refractivity contribution in [1.29, 1.82) is 0 Å². The lowest BCUT2D eigenvalue weighted by molar-refractivity contribution is -0.121. The number of carbonyl (C=O) groups is 1. The lowest BCUT2D eigenvalue weighted by atomic mass is 9.93. The van der Waals surface area contributed by atoms with Gasteiger partial charge in [0.1, 0.15) is 6.10 Å². The molecule has 0 radical (unpaired) electrons. The van der Waals surface area contributed by atoms with Gasteiger partial charge in [0.25, 0.3) is 0 Å². The topological polar surface area (TPSA) is 73.3 Å². The molecular formula is C14H20ClN3O3. The third-order valence-corrected chi connectivity index (χ3v) is 3.64. The molecule has 1 amide bonds. The highest BCUT2D eigenvalue weighted by Gasteiger charge is 2.23. The van der Waals surface area contributed by atoms with Crippen LogP contribution in [0.1, 0.15) is 32.1 Å². The van der Waals surface area contributed by atoms with Gasteiger partial charge < -0.3 is 14.8 Å². The average molecular weight is 314 g/mol. The third-order valence-electron chi connectivity index (χ3n) is 3.45. The molecule has 1 N–H and O–H groups in total. The van der Waals surface area contributed by atoms with E-state index in [-0.39, 0.29) is 18.1 Å². The summed E-state index contributed by atoms with van der Waals surface area (Å²) in [5.41, 5.74) is 0. The average Bonchev–Trinajstić information content (AvgIpc) is 2.50. The monoisotopic (exact) mass is 313 g/mol. The lowest BCUT2D eigenvalue weighted by Gasteiger charge is -2.29. The predicted molar refractivity (Wildman–Crippen MR) is 78.7 cm³/mol. The zero-order chi connectivity index (χ0) is 15.1. The maximum Gasteiger partial charge on any atom is 0.235 e. The molecule has 6 nitrogen and oxygen atoms in total. The van der Waals surface area contributed by atoms with Gasteiger partial charge in [-0.2, -0.15) is 4.98 Å². The molecule has 1 aromatic rings. The van der Waals surface area contributed by atoms with Crippen LogP contribution in [0.2, 0.25) is 0 Å². The zero-order valence-corrected chi connectivity index (χ0v) is 12.8. The van der Waals surface area contributed by atoms with Crippen molar-refractivity contribution in [3.63, 3.8) is 0 Å². The number of rotatable bonds is 6. The number of methoxy groups -OCH3 is 1. The van der Waals surface area contributed by atoms with Crippen LogP contribution in [0.4, 0.5) is 0 Å². The first-order chi connectivity index (χ1) is 10.2. The van der Waals surface area contributed by atoms with Crippen LogP contribution in [-0.2, 0) is 4.79 Å². The van der Waals surface area contributed by atoms with Gasteiger partial charge in [-0.05, 0) is 25.7 Å². The first-order valence-electron chi connectivity index (χ1n) is 7.09. The number of halogens is 1. The minimum atomic E-state index is 0.0213. The van der Waals surface area contributed by atoms with Crippen LogP contribution in [0.15, 0.2) is 12.4 Å². The first-order valence-corrected chi connectivity index (χ1v) is 7.62. The van der Waals surface area contributed by atoms with Gasteiger partial charge in [0.2, 0.25) is 17.7 Å². The fraction of sp³-hybridized carbons (Fsp3) is 0.643. The van der Waals surface area contributed by atoms with Crippen molar-refractivity contribution in [2.45, 2.75) is 44.2 Å². The molecule has 21 heavy (non-hydrogen) atoms. The molecule has 0 aromatic carbocycles. The van der Waals surface area contributed by atoms with Crippen molar-refractivity contribution in [1.82, 2.24) is 15.3 Å². The van der Waals surface area contributed by atoms with Crippen LogP contribution < -0.4 is 14.8 Å². The Bertz CT molecular complexity index is 465. The molecule has 0 spiro atoms. The Morgan fingerprint density at radius 2 is 2.05 bits per heavy atom. The van der Waals surface area contributed by atoms with Gasteiger partial charge in [-0.15, -0.1) is 11.6 Å². The van der Waals surface area contributed by atoms with E-state index in [9.17, 15) is 4.79 Å². The van der Waals surface area contributed by atoms with E-state index >= 15 is 0 Å². The standard InChI is InChI=1S/C14H20ClN3O3/c1-20-13-8-16-9-14(18-13)21-11-4-2-10(3-5-11)17-12(19)6-7-15/h8-11H,2-7H2,1H3,(H,17,19). The van der Waals surface area contributed by atoms with E-state index in [4.69, 9.17) is 21.1 Å². The number of amides is 1. The Kier molecular flexibility index (Phi) is 6.04. The van der Waals surface area contributed by atoms with Crippen molar-refractivity contribution < 1.29 is 14.3 Å². The van der Waals surface area contributed by atoms with Crippen molar-refractivity contribution in [2.75, 3.05) is 13.0 Å². The van der Waals surface area contributed by atoms with Gasteiger partial charge in [-0.3, -0.25) is 9.78 Å². The Morgan fingerprint density at radius 1 is 1.33 bits per heavy atom. The summed E-state index contributed by atoms with van der Waals surface area (Å²) < 4.78 is 10.8. The number of hydrogen-bond donors (Lipinski definition) is 1. The first kappa shape index (κ1) is 15.8. The molecule has 1 aromatic heterocycles. The molecule has 116 valence electrons. The van der Waals surface area contributed by atoms with Crippen LogP contribution in [0.3, 0.4) is 0 Å². The maximum atomic E-state index is 11.5. The summed E-state index contributed by atoms with van der Waals surface area (Å²) in [6.07, 6.45) is 7.15. The fourth-order valence-corrected chi connectivity index (χ4v) is 2.54. The predicted octanol–water partition coefficient (Wildman–Crippen LogP) is 1.92. The summed E-state index contributed by atoms with van der Waals surface area (Å²) in [6.45, 7) is 0. The van der Waals surface area contributed by atoms with E-state index < -0.39 is 0 Å². The van der Waals surface area contributed by atoms with Crippen LogP contribution >= 0.6 is 11.6 Å². The minimum absolute atomic E-state index is 0.0213. The molecule has 1 fully saturated rings. The van der Waals surface area contributed by atoms with Crippen molar-refractivity contribution in [3.8, 4) is 11.8 Å². The highest BCUT2D eigenvalue weighted by Crippen LogP contribution is 2.23. The maximum absolute atomic E-state index is 11.5. The van der Waals surface area contributed by atoms with Crippen LogP contribution in [-0.4, -0.2) is 41.0 Å². The number of hydrogen-bond acceptors (Lipinski definition) is 5. The number of nitrogens with zero attached hydrogens (tertiary/aromatic N) is 2. The molecule has 0 aliphatic heterocycles. The number of carbonyl (C=O) groups excluding carboxylic acids is 1. The normalized spacial score (nSPS) is 21.6. The van der Waals surface area contributed by atoms with Crippen molar-refractivity contribution in [2.24, 2.45) is 0 Å². The summed E-state index contributed by atoms with van der Waals surface area (Å²) in [7, 11) is 1.54. The van der Waals surface area contributed by atoms with E-state index in [0.717, 1.165) is 25.7 Å². The molecule has 2 rings (SSSR count). The summed E-state index contributed by atoms with van der Waals surface area (Å²) in [6, 6.07) is 0.219. The molecule has 7 heteroatoms. The highest BCUT2D eigenvalue weighted by molar-refractivity contribution is 6.18. The second-order valence-electron chi connectivity index (χ2n) is 5.00. The summed E-state index contributed by atoms with van der Waals surface area (Å²) in [4.78, 5) is 19.7. The third kappa shape index (κ3) is 5.04. The molecule has 1 heterocycles. The Hall–Kier alpha value is -1.56. The van der Waals surface area contributed by atoms with Gasteiger partial charge in [-0.25, -0.2) is 0 Å². The molecule has 1 aliphatic rings. The fourth-order valence-electron chi connectivity index (χ4n) is 2.37. The molecule has 0 saturated heterocycles. The largest absolute Gasteiger partial charge is 0.480 e. The number of aromatic nitrogens is 2. The van der Waals surface area contributed by atoms with Crippen LogP contribution in [0, 0.1) is 0 Å². The zero-order valence-electron chi connectivity index (χ0n) is 12.0. The Labute approximate surface area is 129 Å². The van der Waals surface area contributed by atoms with Gasteiger partial charge in [0, 0.05) is 18.3 Å². The summed E-state index contributed by atoms with van der Waals surface area (Å²) in [5.74, 6) is 1.30. The van der Waals surface area contributed by atoms with E-state index in [2.05, 4.69) is 15.3 Å². The van der Waals surface area contributed by atoms with E-state index in [0.29, 0.717) is 24.1 Å². The Balaban J connectivity index is 1.77. The Morgan fingerprint density at radius 3 is 2.71 bits per heavy atom. The van der Waals surface area contributed by atoms with Crippen molar-refractivity contribution >= 4 is 17.5 Å². The minimum Gasteiger partial charge on any atom is -0.480 e. The van der Waals surface area contributed by atoms with E-state index in [1.807, 2.05) is 0 Å². The SMILES string of the molecule is COc1cncc(OC2CCC(NC(=O)CCCl)CC2)n1. The second-order valence-corrected chi connectivity index (χ2v) is 5.38. The van der Waals surface area contributed by atoms with Crippen LogP contribution in [0.25, 0.3) is 0 Å². The second kappa shape index (κ2) is 8.02. The van der Waals surface area contributed by atoms with Gasteiger partial charge in [-0.1, -0.05) is 0 Å². The highest BCUT2D eigenvalue weighted by atomic mass is 35.5. The quantitative estimate of drug-likeness (QED) is 0.812. The van der Waals surface area contributed by atoms with E-state index in [1.165, 1.54) is 6.20 Å². The molecule has 1 saturated carbocycles. The molecular weight excluding hydrogens is 294 g/mol. The molecule has 0 unspecified atom stereocenters. The number of ether oxygens (including phenoxy) is 2.